The van der Waals surface area contributed by atoms with Crippen molar-refractivity contribution in [2.75, 3.05) is 4.90 Å². The van der Waals surface area contributed by atoms with Crippen LogP contribution < -0.4 is 4.90 Å². The van der Waals surface area contributed by atoms with Gasteiger partial charge in [0.2, 0.25) is 0 Å². The predicted octanol–water partition coefficient (Wildman–Crippen LogP) is 7.97. The first-order valence-corrected chi connectivity index (χ1v) is 14.6. The standard InChI is InChI=1S/C39H25N3O4/c43-24-27-12-21-33-34(22-27)39(46)42(38(33)45)31-17-15-29(16-18-31)36-23-35(40-37(41-36)30-4-2-1-3-5-30)28-13-8-25(9-14-28)6-7-26-10-19-32(44)20-11-26/h1-24,44H/b7-6+. The van der Waals surface area contributed by atoms with Gasteiger partial charge in [0.15, 0.2) is 5.82 Å². The monoisotopic (exact) mass is 599 g/mol. The van der Waals surface area contributed by atoms with Crippen molar-refractivity contribution in [3.05, 3.63) is 155 Å². The number of hydrogen-bond acceptors (Lipinski definition) is 6. The Balaban J connectivity index is 1.20. The number of hydrogen-bond donors (Lipinski definition) is 1. The van der Waals surface area contributed by atoms with Crippen LogP contribution in [0.1, 0.15) is 42.2 Å². The van der Waals surface area contributed by atoms with Crippen molar-refractivity contribution in [2.24, 2.45) is 0 Å². The summed E-state index contributed by atoms with van der Waals surface area (Å²) in [5.41, 5.74) is 7.26. The maximum atomic E-state index is 13.1. The van der Waals surface area contributed by atoms with Crippen LogP contribution in [0.4, 0.5) is 5.69 Å². The van der Waals surface area contributed by atoms with Crippen LogP contribution in [0, 0.1) is 0 Å². The summed E-state index contributed by atoms with van der Waals surface area (Å²) in [6.45, 7) is 0. The molecule has 0 unspecified atom stereocenters. The molecule has 5 aromatic carbocycles. The van der Waals surface area contributed by atoms with E-state index in [0.717, 1.165) is 38.4 Å². The van der Waals surface area contributed by atoms with Gasteiger partial charge in [-0.05, 0) is 53.6 Å². The second-order valence-electron chi connectivity index (χ2n) is 10.8. The Morgan fingerprint density at radius 2 is 1.09 bits per heavy atom. The molecule has 220 valence electrons. The summed E-state index contributed by atoms with van der Waals surface area (Å²) in [5, 5.41) is 9.52. The summed E-state index contributed by atoms with van der Waals surface area (Å²) >= 11 is 0. The van der Waals surface area contributed by atoms with Gasteiger partial charge in [0.05, 0.1) is 28.2 Å². The quantitative estimate of drug-likeness (QED) is 0.114. The van der Waals surface area contributed by atoms with E-state index in [0.29, 0.717) is 29.1 Å². The van der Waals surface area contributed by atoms with Crippen molar-refractivity contribution < 1.29 is 19.5 Å². The number of aromatic hydroxyl groups is 1. The highest BCUT2D eigenvalue weighted by Crippen LogP contribution is 2.32. The minimum atomic E-state index is -0.464. The SMILES string of the molecule is O=Cc1ccc2c(c1)C(=O)N(c1ccc(-c3cc(-c4ccc(/C=C/c5ccc(O)cc5)cc4)nc(-c4ccccc4)n3)cc1)C2=O. The van der Waals surface area contributed by atoms with Crippen LogP contribution in [0.2, 0.25) is 0 Å². The summed E-state index contributed by atoms with van der Waals surface area (Å²) in [5.74, 6) is -0.0927. The van der Waals surface area contributed by atoms with E-state index in [1.807, 2.05) is 97.1 Å². The van der Waals surface area contributed by atoms with Crippen molar-refractivity contribution in [1.82, 2.24) is 9.97 Å². The fourth-order valence-corrected chi connectivity index (χ4v) is 5.35. The van der Waals surface area contributed by atoms with Gasteiger partial charge in [-0.3, -0.25) is 14.4 Å². The Kier molecular flexibility index (Phi) is 7.32. The molecule has 1 aliphatic rings. The summed E-state index contributed by atoms with van der Waals surface area (Å²) in [4.78, 5) is 48.3. The third-order valence-corrected chi connectivity index (χ3v) is 7.79. The molecule has 0 spiro atoms. The molecule has 0 saturated heterocycles. The molecule has 2 amide bonds. The van der Waals surface area contributed by atoms with Crippen molar-refractivity contribution in [3.63, 3.8) is 0 Å². The molecule has 1 N–H and O–H groups in total. The van der Waals surface area contributed by atoms with Gasteiger partial charge in [0.1, 0.15) is 12.0 Å². The maximum Gasteiger partial charge on any atom is 0.266 e. The average molecular weight is 600 g/mol. The average Bonchev–Trinajstić information content (AvgIpc) is 3.36. The Morgan fingerprint density at radius 1 is 0.543 bits per heavy atom. The molecule has 1 aliphatic heterocycles. The fourth-order valence-electron chi connectivity index (χ4n) is 5.35. The smallest absolute Gasteiger partial charge is 0.266 e. The first kappa shape index (κ1) is 28.3. The molecule has 7 nitrogen and oxygen atoms in total. The predicted molar refractivity (Wildman–Crippen MR) is 178 cm³/mol. The van der Waals surface area contributed by atoms with Gasteiger partial charge in [-0.1, -0.05) is 97.1 Å². The van der Waals surface area contributed by atoms with Gasteiger partial charge in [0, 0.05) is 22.3 Å². The minimum Gasteiger partial charge on any atom is -0.508 e. The van der Waals surface area contributed by atoms with Crippen LogP contribution in [-0.4, -0.2) is 33.2 Å². The lowest BCUT2D eigenvalue weighted by molar-refractivity contribution is 0.0925. The van der Waals surface area contributed by atoms with E-state index in [1.54, 1.807) is 24.3 Å². The first-order valence-electron chi connectivity index (χ1n) is 14.6. The van der Waals surface area contributed by atoms with E-state index in [-0.39, 0.29) is 16.9 Å². The van der Waals surface area contributed by atoms with Gasteiger partial charge >= 0.3 is 0 Å². The molecule has 0 saturated carbocycles. The second-order valence-corrected chi connectivity index (χ2v) is 10.8. The summed E-state index contributed by atoms with van der Waals surface area (Å²) in [6, 6.07) is 38.3. The van der Waals surface area contributed by atoms with E-state index in [1.165, 1.54) is 18.2 Å². The summed E-state index contributed by atoms with van der Waals surface area (Å²) < 4.78 is 0. The number of phenols is 1. The normalized spacial score (nSPS) is 12.5. The third kappa shape index (κ3) is 5.49. The van der Waals surface area contributed by atoms with Crippen molar-refractivity contribution in [1.29, 1.82) is 0 Å². The number of anilines is 1. The zero-order valence-electron chi connectivity index (χ0n) is 24.4. The zero-order chi connectivity index (χ0) is 31.6. The Morgan fingerprint density at radius 3 is 1.70 bits per heavy atom. The molecule has 0 fully saturated rings. The Bertz CT molecular complexity index is 2140. The van der Waals surface area contributed by atoms with Gasteiger partial charge in [-0.15, -0.1) is 0 Å². The summed E-state index contributed by atoms with van der Waals surface area (Å²) in [6.07, 6.45) is 4.65. The largest absolute Gasteiger partial charge is 0.508 e. The van der Waals surface area contributed by atoms with Gasteiger partial charge in [0.25, 0.3) is 11.8 Å². The molecule has 6 aromatic rings. The van der Waals surface area contributed by atoms with E-state index in [9.17, 15) is 19.5 Å². The molecule has 7 rings (SSSR count). The molecule has 46 heavy (non-hydrogen) atoms. The molecular weight excluding hydrogens is 574 g/mol. The molecule has 1 aromatic heterocycles. The topological polar surface area (TPSA) is 100 Å². The molecule has 0 bridgehead atoms. The van der Waals surface area contributed by atoms with Crippen LogP contribution in [0.25, 0.3) is 46.1 Å². The highest BCUT2D eigenvalue weighted by molar-refractivity contribution is 6.34. The molecule has 2 heterocycles. The van der Waals surface area contributed by atoms with Crippen LogP contribution in [0.5, 0.6) is 5.75 Å². The van der Waals surface area contributed by atoms with Gasteiger partial charge in [-0.25, -0.2) is 14.9 Å². The molecular formula is C39H25N3O4. The second kappa shape index (κ2) is 11.9. The van der Waals surface area contributed by atoms with Crippen LogP contribution in [-0.2, 0) is 0 Å². The van der Waals surface area contributed by atoms with Crippen LogP contribution in [0.15, 0.2) is 127 Å². The number of aromatic nitrogens is 2. The van der Waals surface area contributed by atoms with Crippen LogP contribution >= 0.6 is 0 Å². The number of nitrogens with zero attached hydrogens (tertiary/aromatic N) is 3. The van der Waals surface area contributed by atoms with Crippen LogP contribution in [0.3, 0.4) is 0 Å². The van der Waals surface area contributed by atoms with E-state index >= 15 is 0 Å². The minimum absolute atomic E-state index is 0.216. The number of benzene rings is 5. The number of rotatable bonds is 7. The van der Waals surface area contributed by atoms with Gasteiger partial charge in [-0.2, -0.15) is 0 Å². The Hall–Kier alpha value is -6.47. The van der Waals surface area contributed by atoms with Gasteiger partial charge < -0.3 is 5.11 Å². The summed E-state index contributed by atoms with van der Waals surface area (Å²) in [7, 11) is 0. The number of fused-ring (bicyclic) bond motifs is 1. The number of amides is 2. The molecule has 0 radical (unpaired) electrons. The number of carbonyl (C=O) groups excluding carboxylic acids is 3. The van der Waals surface area contributed by atoms with E-state index in [4.69, 9.17) is 9.97 Å². The number of phenolic OH excluding ortho intramolecular Hbond substituents is 1. The van der Waals surface area contributed by atoms with E-state index < -0.39 is 11.8 Å². The molecule has 0 aliphatic carbocycles. The lowest BCUT2D eigenvalue weighted by atomic mass is 10.0. The number of carbonyl (C=O) groups is 3. The first-order chi connectivity index (χ1) is 22.5. The zero-order valence-corrected chi connectivity index (χ0v) is 24.4. The lowest BCUT2D eigenvalue weighted by Gasteiger charge is -2.15. The number of imide groups is 1. The third-order valence-electron chi connectivity index (χ3n) is 7.79. The molecule has 7 heteroatoms. The van der Waals surface area contributed by atoms with Crippen molar-refractivity contribution in [2.45, 2.75) is 0 Å². The van der Waals surface area contributed by atoms with Crippen molar-refractivity contribution >= 4 is 35.9 Å². The maximum absolute atomic E-state index is 13.1. The highest BCUT2D eigenvalue weighted by atomic mass is 16.3. The number of aldehydes is 1. The lowest BCUT2D eigenvalue weighted by Crippen LogP contribution is -2.29. The highest BCUT2D eigenvalue weighted by Gasteiger charge is 2.36. The van der Waals surface area contributed by atoms with E-state index in [2.05, 4.69) is 0 Å². The Labute approximate surface area is 264 Å². The fraction of sp³-hybridized carbons (Fsp3) is 0. The molecule has 0 atom stereocenters. The van der Waals surface area contributed by atoms with Crippen molar-refractivity contribution in [3.8, 4) is 39.7 Å².